The van der Waals surface area contributed by atoms with Gasteiger partial charge in [-0.15, -0.1) is 0 Å². The van der Waals surface area contributed by atoms with E-state index in [1.807, 2.05) is 0 Å². The van der Waals surface area contributed by atoms with Gasteiger partial charge in [-0.25, -0.2) is 4.79 Å². The molecule has 1 aromatic rings. The van der Waals surface area contributed by atoms with Crippen LogP contribution in [0.25, 0.3) is 0 Å². The molecule has 0 aliphatic heterocycles. The van der Waals surface area contributed by atoms with Gasteiger partial charge in [0.1, 0.15) is 0 Å². The molecule has 16 heavy (non-hydrogen) atoms. The van der Waals surface area contributed by atoms with E-state index in [2.05, 4.69) is 4.98 Å². The molecule has 0 aromatic carbocycles. The molecular formula is C12H15NO3. The zero-order valence-electron chi connectivity index (χ0n) is 9.22. The maximum absolute atomic E-state index is 11.3. The Morgan fingerprint density at radius 2 is 2.19 bits per heavy atom. The SMILES string of the molecule is CC(OCC1CC1)(C(=O)O)c1ccncc1. The van der Waals surface area contributed by atoms with Crippen LogP contribution in [0.2, 0.25) is 0 Å². The lowest BCUT2D eigenvalue weighted by atomic mass is 9.97. The summed E-state index contributed by atoms with van der Waals surface area (Å²) in [7, 11) is 0. The van der Waals surface area contributed by atoms with Crippen LogP contribution in [0.15, 0.2) is 24.5 Å². The molecule has 0 spiro atoms. The molecule has 0 radical (unpaired) electrons. The van der Waals surface area contributed by atoms with Crippen molar-refractivity contribution in [1.29, 1.82) is 0 Å². The van der Waals surface area contributed by atoms with Gasteiger partial charge in [0.05, 0.1) is 6.61 Å². The van der Waals surface area contributed by atoms with Crippen molar-refractivity contribution in [2.24, 2.45) is 5.92 Å². The smallest absolute Gasteiger partial charge is 0.340 e. The fourth-order valence-corrected chi connectivity index (χ4v) is 1.51. The van der Waals surface area contributed by atoms with Gasteiger partial charge in [-0.05, 0) is 43.4 Å². The monoisotopic (exact) mass is 221 g/mol. The summed E-state index contributed by atoms with van der Waals surface area (Å²) in [5, 5.41) is 9.27. The molecule has 1 N–H and O–H groups in total. The van der Waals surface area contributed by atoms with Crippen molar-refractivity contribution < 1.29 is 14.6 Å². The summed E-state index contributed by atoms with van der Waals surface area (Å²) in [6, 6.07) is 3.36. The Bertz CT molecular complexity index is 375. The van der Waals surface area contributed by atoms with E-state index in [0.29, 0.717) is 18.1 Å². The molecule has 2 rings (SSSR count). The number of ether oxygens (including phenoxy) is 1. The Labute approximate surface area is 94.3 Å². The van der Waals surface area contributed by atoms with Crippen LogP contribution in [0.3, 0.4) is 0 Å². The van der Waals surface area contributed by atoms with E-state index in [0.717, 1.165) is 12.8 Å². The van der Waals surface area contributed by atoms with Gasteiger partial charge >= 0.3 is 5.97 Å². The maximum Gasteiger partial charge on any atom is 0.340 e. The average molecular weight is 221 g/mol. The van der Waals surface area contributed by atoms with Crippen LogP contribution in [0.5, 0.6) is 0 Å². The first-order chi connectivity index (χ1) is 7.63. The summed E-state index contributed by atoms with van der Waals surface area (Å²) < 4.78 is 5.57. The predicted molar refractivity (Wildman–Crippen MR) is 57.9 cm³/mol. The molecule has 1 atom stereocenters. The number of hydrogen-bond acceptors (Lipinski definition) is 3. The van der Waals surface area contributed by atoms with Gasteiger partial charge < -0.3 is 9.84 Å². The van der Waals surface area contributed by atoms with Crippen molar-refractivity contribution in [1.82, 2.24) is 4.98 Å². The second-order valence-corrected chi connectivity index (χ2v) is 4.33. The number of aromatic nitrogens is 1. The van der Waals surface area contributed by atoms with Gasteiger partial charge in [0.2, 0.25) is 0 Å². The molecule has 1 aliphatic rings. The van der Waals surface area contributed by atoms with E-state index in [1.165, 1.54) is 0 Å². The summed E-state index contributed by atoms with van der Waals surface area (Å²) in [6.45, 7) is 2.11. The highest BCUT2D eigenvalue weighted by atomic mass is 16.5. The standard InChI is InChI=1S/C12H15NO3/c1-12(11(14)15,16-8-9-2-3-9)10-4-6-13-7-5-10/h4-7,9H,2-3,8H2,1H3,(H,14,15). The van der Waals surface area contributed by atoms with Crippen molar-refractivity contribution in [3.8, 4) is 0 Å². The molecule has 1 heterocycles. The third-order valence-electron chi connectivity index (χ3n) is 2.94. The van der Waals surface area contributed by atoms with Gasteiger partial charge in [-0.3, -0.25) is 4.98 Å². The minimum absolute atomic E-state index is 0.519. The highest BCUT2D eigenvalue weighted by Gasteiger charge is 2.38. The van der Waals surface area contributed by atoms with E-state index in [1.54, 1.807) is 31.5 Å². The Morgan fingerprint density at radius 1 is 1.56 bits per heavy atom. The minimum atomic E-state index is -1.26. The highest BCUT2D eigenvalue weighted by molar-refractivity contribution is 5.78. The first-order valence-corrected chi connectivity index (χ1v) is 5.41. The van der Waals surface area contributed by atoms with Gasteiger partial charge in [0.15, 0.2) is 5.60 Å². The molecule has 1 fully saturated rings. The van der Waals surface area contributed by atoms with Crippen molar-refractivity contribution in [2.75, 3.05) is 6.61 Å². The van der Waals surface area contributed by atoms with E-state index >= 15 is 0 Å². The quantitative estimate of drug-likeness (QED) is 0.823. The van der Waals surface area contributed by atoms with Crippen LogP contribution in [-0.2, 0) is 15.1 Å². The number of carboxylic acid groups (broad SMARTS) is 1. The van der Waals surface area contributed by atoms with Crippen LogP contribution in [0.4, 0.5) is 0 Å². The lowest BCUT2D eigenvalue weighted by Crippen LogP contribution is -2.36. The first kappa shape index (κ1) is 11.1. The third-order valence-corrected chi connectivity index (χ3v) is 2.94. The molecule has 0 amide bonds. The van der Waals surface area contributed by atoms with Gasteiger partial charge in [0, 0.05) is 12.4 Å². The number of aliphatic carboxylic acids is 1. The second-order valence-electron chi connectivity index (χ2n) is 4.33. The molecule has 4 heteroatoms. The van der Waals surface area contributed by atoms with Crippen LogP contribution in [0, 0.1) is 5.92 Å². The molecule has 1 saturated carbocycles. The molecule has 1 unspecified atom stereocenters. The Balaban J connectivity index is 2.16. The van der Waals surface area contributed by atoms with E-state index in [4.69, 9.17) is 4.74 Å². The van der Waals surface area contributed by atoms with Gasteiger partial charge in [-0.2, -0.15) is 0 Å². The van der Waals surface area contributed by atoms with E-state index in [-0.39, 0.29) is 0 Å². The van der Waals surface area contributed by atoms with E-state index in [9.17, 15) is 9.90 Å². The number of carboxylic acids is 1. The fourth-order valence-electron chi connectivity index (χ4n) is 1.51. The molecular weight excluding hydrogens is 206 g/mol. The van der Waals surface area contributed by atoms with Crippen LogP contribution < -0.4 is 0 Å². The summed E-state index contributed by atoms with van der Waals surface area (Å²) in [5.74, 6) is -0.417. The fraction of sp³-hybridized carbons (Fsp3) is 0.500. The van der Waals surface area contributed by atoms with Gasteiger partial charge in [0.25, 0.3) is 0 Å². The normalized spacial score (nSPS) is 19.1. The average Bonchev–Trinajstić information content (AvgIpc) is 3.10. The summed E-state index contributed by atoms with van der Waals surface area (Å²) in [6.07, 6.45) is 5.45. The Hall–Kier alpha value is -1.42. The number of pyridine rings is 1. The Kier molecular flexibility index (Phi) is 2.92. The molecule has 0 saturated heterocycles. The van der Waals surface area contributed by atoms with Crippen LogP contribution >= 0.6 is 0 Å². The van der Waals surface area contributed by atoms with Crippen molar-refractivity contribution in [3.05, 3.63) is 30.1 Å². The van der Waals surface area contributed by atoms with Crippen LogP contribution in [0.1, 0.15) is 25.3 Å². The lowest BCUT2D eigenvalue weighted by molar-refractivity contribution is -0.165. The van der Waals surface area contributed by atoms with Crippen LogP contribution in [-0.4, -0.2) is 22.7 Å². The summed E-state index contributed by atoms with van der Waals surface area (Å²) in [5.41, 5.74) is -0.624. The lowest BCUT2D eigenvalue weighted by Gasteiger charge is -2.25. The maximum atomic E-state index is 11.3. The zero-order valence-corrected chi connectivity index (χ0v) is 9.22. The molecule has 1 aliphatic carbocycles. The number of hydrogen-bond donors (Lipinski definition) is 1. The molecule has 0 bridgehead atoms. The van der Waals surface area contributed by atoms with Gasteiger partial charge in [-0.1, -0.05) is 0 Å². The van der Waals surface area contributed by atoms with Crippen molar-refractivity contribution >= 4 is 5.97 Å². The predicted octanol–water partition coefficient (Wildman–Crippen LogP) is 1.81. The van der Waals surface area contributed by atoms with Crippen molar-refractivity contribution in [2.45, 2.75) is 25.4 Å². The summed E-state index contributed by atoms with van der Waals surface area (Å²) in [4.78, 5) is 15.2. The minimum Gasteiger partial charge on any atom is -0.479 e. The number of carbonyl (C=O) groups is 1. The molecule has 86 valence electrons. The number of rotatable bonds is 5. The number of nitrogens with zero attached hydrogens (tertiary/aromatic N) is 1. The van der Waals surface area contributed by atoms with E-state index < -0.39 is 11.6 Å². The topological polar surface area (TPSA) is 59.4 Å². The summed E-state index contributed by atoms with van der Waals surface area (Å²) >= 11 is 0. The molecule has 4 nitrogen and oxygen atoms in total. The molecule has 1 aromatic heterocycles. The highest BCUT2D eigenvalue weighted by Crippen LogP contribution is 2.33. The second kappa shape index (κ2) is 4.22. The Morgan fingerprint density at radius 3 is 2.69 bits per heavy atom. The third kappa shape index (κ3) is 2.22. The zero-order chi connectivity index (χ0) is 11.6. The van der Waals surface area contributed by atoms with Crippen molar-refractivity contribution in [3.63, 3.8) is 0 Å². The first-order valence-electron chi connectivity index (χ1n) is 5.41. The largest absolute Gasteiger partial charge is 0.479 e.